The van der Waals surface area contributed by atoms with E-state index in [-0.39, 0.29) is 58.8 Å². The quantitative estimate of drug-likeness (QED) is 0.299. The fourth-order valence-corrected chi connectivity index (χ4v) is 6.12. The van der Waals surface area contributed by atoms with Gasteiger partial charge in [-0.25, -0.2) is 9.99 Å². The summed E-state index contributed by atoms with van der Waals surface area (Å²) in [6, 6.07) is 7.64. The maximum atomic E-state index is 14.0. The Morgan fingerprint density at radius 2 is 1.85 bits per heavy atom. The normalized spacial score (nSPS) is 19.9. The third-order valence-electron chi connectivity index (χ3n) is 7.70. The molecule has 47 heavy (non-hydrogen) atoms. The van der Waals surface area contributed by atoms with Gasteiger partial charge in [0.15, 0.2) is 11.7 Å². The standard InChI is InChI=1S/C32H35Cl2N5O8/c1-32(2,3)47-25(41)16-21(26(42)30-37-22-15-18(33)14-19(34)27(22)46-30)36-29(44)23-10-7-13-38-24(40)12-11-20(31(45)39(23)38)35-28(43)17-8-5-4-6-9-17/h4-6,8-9,14-15,20-21,23,26,42H,7,10-13,16H2,1-3H3,(H,35,43)(H,36,44)/t20-,21-,23-,26?/m0/s1. The Morgan fingerprint density at radius 3 is 2.55 bits per heavy atom. The summed E-state index contributed by atoms with van der Waals surface area (Å²) in [5.74, 6) is -3.21. The van der Waals surface area contributed by atoms with Gasteiger partial charge in [-0.1, -0.05) is 41.4 Å². The first-order chi connectivity index (χ1) is 22.2. The number of aliphatic hydroxyl groups excluding tert-OH is 1. The van der Waals surface area contributed by atoms with E-state index in [1.54, 1.807) is 51.1 Å². The van der Waals surface area contributed by atoms with Gasteiger partial charge in [-0.2, -0.15) is 0 Å². The highest BCUT2D eigenvalue weighted by atomic mass is 35.5. The highest BCUT2D eigenvalue weighted by Gasteiger charge is 2.45. The molecule has 4 atom stereocenters. The fraction of sp³-hybridized carbons (Fsp3) is 0.438. The highest BCUT2D eigenvalue weighted by molar-refractivity contribution is 6.38. The summed E-state index contributed by atoms with van der Waals surface area (Å²) >= 11 is 12.3. The zero-order chi connectivity index (χ0) is 34.0. The maximum Gasteiger partial charge on any atom is 0.308 e. The summed E-state index contributed by atoms with van der Waals surface area (Å²) in [6.45, 7) is 5.22. The van der Waals surface area contributed by atoms with Crippen molar-refractivity contribution in [1.82, 2.24) is 25.6 Å². The Labute approximate surface area is 280 Å². The molecular weight excluding hydrogens is 653 g/mol. The number of carbonyl (C=O) groups is 5. The van der Waals surface area contributed by atoms with Crippen LogP contribution in [0.15, 0.2) is 46.9 Å². The van der Waals surface area contributed by atoms with Crippen molar-refractivity contribution in [2.45, 2.75) is 82.7 Å². The number of halogens is 2. The zero-order valence-corrected chi connectivity index (χ0v) is 27.5. The number of hydrogen-bond donors (Lipinski definition) is 3. The molecule has 2 aliphatic rings. The Bertz CT molecular complexity index is 1690. The number of nitrogens with zero attached hydrogens (tertiary/aromatic N) is 3. The van der Waals surface area contributed by atoms with Crippen LogP contribution >= 0.6 is 23.2 Å². The number of amides is 4. The van der Waals surface area contributed by atoms with Crippen LogP contribution in [-0.2, 0) is 23.9 Å². The smallest absolute Gasteiger partial charge is 0.308 e. The molecule has 3 heterocycles. The number of nitrogens with one attached hydrogen (secondary N) is 2. The number of hydrogen-bond acceptors (Lipinski definition) is 9. The molecule has 2 aromatic carbocycles. The minimum absolute atomic E-state index is 0.0272. The Hall–Kier alpha value is -4.20. The lowest BCUT2D eigenvalue weighted by atomic mass is 10.0. The van der Waals surface area contributed by atoms with Crippen molar-refractivity contribution < 1.29 is 38.2 Å². The fourth-order valence-electron chi connectivity index (χ4n) is 5.60. The summed E-state index contributed by atoms with van der Waals surface area (Å²) < 4.78 is 11.2. The van der Waals surface area contributed by atoms with E-state index in [2.05, 4.69) is 15.6 Å². The first-order valence-corrected chi connectivity index (χ1v) is 15.9. The topological polar surface area (TPSA) is 171 Å². The van der Waals surface area contributed by atoms with Gasteiger partial charge in [0.05, 0.1) is 17.5 Å². The lowest BCUT2D eigenvalue weighted by molar-refractivity contribution is -0.176. The number of aromatic nitrogens is 1. The van der Waals surface area contributed by atoms with Crippen LogP contribution in [0.1, 0.15) is 75.2 Å². The van der Waals surface area contributed by atoms with Gasteiger partial charge >= 0.3 is 5.97 Å². The maximum absolute atomic E-state index is 14.0. The van der Waals surface area contributed by atoms with E-state index in [0.717, 1.165) is 5.01 Å². The van der Waals surface area contributed by atoms with Crippen molar-refractivity contribution in [3.63, 3.8) is 0 Å². The van der Waals surface area contributed by atoms with Gasteiger partial charge < -0.3 is 24.9 Å². The van der Waals surface area contributed by atoms with Gasteiger partial charge in [0.25, 0.3) is 11.8 Å². The number of benzene rings is 2. The van der Waals surface area contributed by atoms with Crippen LogP contribution in [0.5, 0.6) is 0 Å². The molecule has 3 N–H and O–H groups in total. The molecule has 13 nitrogen and oxygen atoms in total. The van der Waals surface area contributed by atoms with Crippen molar-refractivity contribution in [3.05, 3.63) is 64.0 Å². The van der Waals surface area contributed by atoms with E-state index < -0.39 is 59.9 Å². The first-order valence-electron chi connectivity index (χ1n) is 15.2. The number of carbonyl (C=O) groups excluding carboxylic acids is 5. The van der Waals surface area contributed by atoms with Gasteiger partial charge in [-0.05, 0) is 64.3 Å². The second kappa shape index (κ2) is 13.9. The van der Waals surface area contributed by atoms with Crippen molar-refractivity contribution >= 4 is 63.9 Å². The molecule has 0 radical (unpaired) electrons. The van der Waals surface area contributed by atoms with Crippen molar-refractivity contribution in [3.8, 4) is 0 Å². The second-order valence-electron chi connectivity index (χ2n) is 12.4. The molecular formula is C32H35Cl2N5O8. The molecule has 5 rings (SSSR count). The predicted molar refractivity (Wildman–Crippen MR) is 170 cm³/mol. The first kappa shape index (κ1) is 34.1. The summed E-state index contributed by atoms with van der Waals surface area (Å²) in [7, 11) is 0. The number of fused-ring (bicyclic) bond motifs is 2. The molecule has 3 aromatic rings. The SMILES string of the molecule is CC(C)(C)OC(=O)C[C@H](NC(=O)[C@@H]1CCCN2C(=O)CC[C@H](NC(=O)c3ccccc3)C(=O)N12)C(O)c1nc2cc(Cl)cc(Cl)c2o1. The molecule has 2 fully saturated rings. The number of oxazole rings is 1. The average molecular weight is 689 g/mol. The van der Waals surface area contributed by atoms with Crippen LogP contribution in [0, 0.1) is 0 Å². The van der Waals surface area contributed by atoms with Crippen LogP contribution in [0.25, 0.3) is 11.1 Å². The molecule has 0 saturated carbocycles. The third-order valence-corrected chi connectivity index (χ3v) is 8.20. The largest absolute Gasteiger partial charge is 0.460 e. The summed E-state index contributed by atoms with van der Waals surface area (Å²) in [4.78, 5) is 71.1. The van der Waals surface area contributed by atoms with Crippen molar-refractivity contribution in [2.75, 3.05) is 6.54 Å². The minimum atomic E-state index is -1.66. The molecule has 4 amide bonds. The van der Waals surface area contributed by atoms with Crippen LogP contribution in [0.3, 0.4) is 0 Å². The Morgan fingerprint density at radius 1 is 1.13 bits per heavy atom. The molecule has 0 aliphatic carbocycles. The van der Waals surface area contributed by atoms with Crippen molar-refractivity contribution in [2.24, 2.45) is 0 Å². The van der Waals surface area contributed by atoms with E-state index in [4.69, 9.17) is 32.4 Å². The number of hydrazine groups is 1. The van der Waals surface area contributed by atoms with E-state index in [1.807, 2.05) is 0 Å². The molecule has 15 heteroatoms. The van der Waals surface area contributed by atoms with Crippen LogP contribution < -0.4 is 10.6 Å². The van der Waals surface area contributed by atoms with Crippen molar-refractivity contribution in [1.29, 1.82) is 0 Å². The molecule has 0 bridgehead atoms. The van der Waals surface area contributed by atoms with Gasteiger partial charge in [-0.3, -0.25) is 29.0 Å². The molecule has 2 aliphatic heterocycles. The Balaban J connectivity index is 1.41. The van der Waals surface area contributed by atoms with E-state index in [0.29, 0.717) is 12.0 Å². The van der Waals surface area contributed by atoms with Crippen LogP contribution in [-0.4, -0.2) is 80.0 Å². The Kier molecular flexibility index (Phi) is 10.1. The monoisotopic (exact) mass is 687 g/mol. The molecule has 250 valence electrons. The zero-order valence-electron chi connectivity index (χ0n) is 26.0. The van der Waals surface area contributed by atoms with Gasteiger partial charge in [0.2, 0.25) is 17.7 Å². The predicted octanol–water partition coefficient (Wildman–Crippen LogP) is 3.71. The second-order valence-corrected chi connectivity index (χ2v) is 13.3. The van der Waals surface area contributed by atoms with Gasteiger partial charge in [-0.15, -0.1) is 0 Å². The number of ether oxygens (including phenoxy) is 1. The summed E-state index contributed by atoms with van der Waals surface area (Å²) in [6.07, 6.45) is -1.56. The van der Waals surface area contributed by atoms with E-state index >= 15 is 0 Å². The molecule has 2 saturated heterocycles. The number of esters is 1. The lowest BCUT2D eigenvalue weighted by Crippen LogP contribution is -2.64. The van der Waals surface area contributed by atoms with Gasteiger partial charge in [0, 0.05) is 23.6 Å². The van der Waals surface area contributed by atoms with E-state index in [9.17, 15) is 29.1 Å². The molecule has 0 spiro atoms. The van der Waals surface area contributed by atoms with Crippen LogP contribution in [0.4, 0.5) is 0 Å². The minimum Gasteiger partial charge on any atom is -0.460 e. The molecule has 1 aromatic heterocycles. The van der Waals surface area contributed by atoms with E-state index in [1.165, 1.54) is 17.1 Å². The van der Waals surface area contributed by atoms with Gasteiger partial charge in [0.1, 0.15) is 23.2 Å². The number of rotatable bonds is 8. The summed E-state index contributed by atoms with van der Waals surface area (Å²) in [5, 5.41) is 19.5. The highest BCUT2D eigenvalue weighted by Crippen LogP contribution is 2.32. The lowest BCUT2D eigenvalue weighted by Gasteiger charge is -2.43. The average Bonchev–Trinajstić information content (AvgIpc) is 3.40. The summed E-state index contributed by atoms with van der Waals surface area (Å²) in [5.41, 5.74) is -0.130. The molecule has 1 unspecified atom stereocenters. The third kappa shape index (κ3) is 7.86. The van der Waals surface area contributed by atoms with Crippen LogP contribution in [0.2, 0.25) is 10.0 Å². The number of aliphatic hydroxyl groups is 1.